The summed E-state index contributed by atoms with van der Waals surface area (Å²) in [4.78, 5) is 8.18. The van der Waals surface area contributed by atoms with Crippen LogP contribution in [-0.4, -0.2) is 31.3 Å². The average Bonchev–Trinajstić information content (AvgIpc) is 2.53. The van der Waals surface area contributed by atoms with Gasteiger partial charge in [0.15, 0.2) is 0 Å². The van der Waals surface area contributed by atoms with Gasteiger partial charge in [-0.05, 0) is 24.6 Å². The maximum absolute atomic E-state index is 5.37. The summed E-state index contributed by atoms with van der Waals surface area (Å²) in [6.45, 7) is 2.48. The Bertz CT molecular complexity index is 595. The highest BCUT2D eigenvalue weighted by molar-refractivity contribution is 5.58. The summed E-state index contributed by atoms with van der Waals surface area (Å²) >= 11 is 0. The van der Waals surface area contributed by atoms with Crippen molar-refractivity contribution >= 4 is 5.69 Å². The summed E-state index contributed by atoms with van der Waals surface area (Å²) in [5.41, 5.74) is 2.77. The largest absolute Gasteiger partial charge is 0.495 e. The predicted molar refractivity (Wildman–Crippen MR) is 80.2 cm³/mol. The lowest BCUT2D eigenvalue weighted by Gasteiger charge is -2.14. The molecule has 6 heteroatoms. The minimum absolute atomic E-state index is 0.465. The Morgan fingerprint density at radius 3 is 2.24 bits per heavy atom. The molecule has 0 aliphatic rings. The van der Waals surface area contributed by atoms with Crippen molar-refractivity contribution in [3.05, 3.63) is 35.7 Å². The summed E-state index contributed by atoms with van der Waals surface area (Å²) < 4.78 is 15.9. The Kier molecular flexibility index (Phi) is 4.81. The number of aryl methyl sites for hydroxylation is 1. The molecule has 0 spiro atoms. The number of ether oxygens (including phenoxy) is 3. The van der Waals surface area contributed by atoms with Crippen LogP contribution in [0.15, 0.2) is 24.5 Å². The van der Waals surface area contributed by atoms with Crippen molar-refractivity contribution in [2.45, 2.75) is 13.5 Å². The molecule has 2 aromatic rings. The number of benzene rings is 1. The van der Waals surface area contributed by atoms with Crippen LogP contribution < -0.4 is 19.5 Å². The van der Waals surface area contributed by atoms with E-state index in [-0.39, 0.29) is 0 Å². The lowest BCUT2D eigenvalue weighted by molar-refractivity contribution is 0.363. The minimum Gasteiger partial charge on any atom is -0.495 e. The molecular formula is C15H19N3O3. The second kappa shape index (κ2) is 6.78. The molecule has 1 heterocycles. The van der Waals surface area contributed by atoms with Gasteiger partial charge in [-0.15, -0.1) is 0 Å². The van der Waals surface area contributed by atoms with Crippen LogP contribution in [0.3, 0.4) is 0 Å². The lowest BCUT2D eigenvalue weighted by Crippen LogP contribution is -2.07. The van der Waals surface area contributed by atoms with E-state index in [0.717, 1.165) is 22.6 Å². The Balaban J connectivity index is 2.24. The molecular weight excluding hydrogens is 270 g/mol. The van der Waals surface area contributed by atoms with E-state index in [2.05, 4.69) is 15.3 Å². The highest BCUT2D eigenvalue weighted by Crippen LogP contribution is 2.28. The maximum atomic E-state index is 5.37. The van der Waals surface area contributed by atoms with Gasteiger partial charge >= 0.3 is 0 Å². The monoisotopic (exact) mass is 289 g/mol. The fourth-order valence-corrected chi connectivity index (χ4v) is 2.01. The Labute approximate surface area is 124 Å². The number of aromatic nitrogens is 2. The van der Waals surface area contributed by atoms with Gasteiger partial charge in [-0.2, -0.15) is 0 Å². The standard InChI is InChI=1S/C15H19N3O3/c1-10-5-6-12(13(7-10)19-2)16-8-11-14(20-3)17-9-18-15(11)21-4/h5-7,9,16H,8H2,1-4H3. The number of methoxy groups -OCH3 is 3. The Hall–Kier alpha value is -2.50. The van der Waals surface area contributed by atoms with Crippen molar-refractivity contribution in [3.8, 4) is 17.5 Å². The van der Waals surface area contributed by atoms with E-state index >= 15 is 0 Å². The van der Waals surface area contributed by atoms with Gasteiger partial charge in [0, 0.05) is 0 Å². The van der Waals surface area contributed by atoms with Crippen molar-refractivity contribution < 1.29 is 14.2 Å². The van der Waals surface area contributed by atoms with Crippen LogP contribution in [0.25, 0.3) is 0 Å². The van der Waals surface area contributed by atoms with Gasteiger partial charge in [0.05, 0.1) is 39.1 Å². The first-order chi connectivity index (χ1) is 10.2. The third kappa shape index (κ3) is 3.34. The van der Waals surface area contributed by atoms with Crippen LogP contribution in [-0.2, 0) is 6.54 Å². The Morgan fingerprint density at radius 1 is 1.00 bits per heavy atom. The summed E-state index contributed by atoms with van der Waals surface area (Å²) in [5, 5.41) is 3.29. The minimum atomic E-state index is 0.465. The van der Waals surface area contributed by atoms with Crippen LogP contribution in [0, 0.1) is 6.92 Å². The molecule has 1 aromatic heterocycles. The second-order valence-electron chi connectivity index (χ2n) is 4.43. The number of anilines is 1. The van der Waals surface area contributed by atoms with Gasteiger partial charge in [0.1, 0.15) is 12.1 Å². The third-order valence-corrected chi connectivity index (χ3v) is 3.07. The topological polar surface area (TPSA) is 65.5 Å². The molecule has 0 atom stereocenters. The first-order valence-corrected chi connectivity index (χ1v) is 6.50. The van der Waals surface area contributed by atoms with E-state index in [4.69, 9.17) is 14.2 Å². The van der Waals surface area contributed by atoms with Gasteiger partial charge in [-0.3, -0.25) is 0 Å². The number of hydrogen-bond donors (Lipinski definition) is 1. The smallest absolute Gasteiger partial charge is 0.225 e. The zero-order valence-corrected chi connectivity index (χ0v) is 12.6. The zero-order chi connectivity index (χ0) is 15.2. The Morgan fingerprint density at radius 2 is 1.67 bits per heavy atom. The van der Waals surface area contributed by atoms with Crippen molar-refractivity contribution in [2.24, 2.45) is 0 Å². The van der Waals surface area contributed by atoms with E-state index in [9.17, 15) is 0 Å². The first kappa shape index (κ1) is 14.9. The summed E-state index contributed by atoms with van der Waals surface area (Å²) in [7, 11) is 4.78. The molecule has 0 unspecified atom stereocenters. The predicted octanol–water partition coefficient (Wildman–Crippen LogP) is 2.42. The van der Waals surface area contributed by atoms with Crippen molar-refractivity contribution in [1.29, 1.82) is 0 Å². The summed E-state index contributed by atoms with van der Waals surface area (Å²) in [5.74, 6) is 1.76. The summed E-state index contributed by atoms with van der Waals surface area (Å²) in [6, 6.07) is 5.95. The molecule has 1 aromatic carbocycles. The molecule has 0 saturated carbocycles. The van der Waals surface area contributed by atoms with Gasteiger partial charge in [0.2, 0.25) is 11.8 Å². The number of rotatable bonds is 6. The van der Waals surface area contributed by atoms with Gasteiger partial charge < -0.3 is 19.5 Å². The zero-order valence-electron chi connectivity index (χ0n) is 12.6. The van der Waals surface area contributed by atoms with E-state index in [1.165, 1.54) is 6.33 Å². The average molecular weight is 289 g/mol. The quantitative estimate of drug-likeness (QED) is 0.881. The highest BCUT2D eigenvalue weighted by atomic mass is 16.5. The molecule has 0 aliphatic carbocycles. The maximum Gasteiger partial charge on any atom is 0.225 e. The van der Waals surface area contributed by atoms with Crippen LogP contribution in [0.1, 0.15) is 11.1 Å². The second-order valence-corrected chi connectivity index (χ2v) is 4.43. The first-order valence-electron chi connectivity index (χ1n) is 6.50. The highest BCUT2D eigenvalue weighted by Gasteiger charge is 2.13. The van der Waals surface area contributed by atoms with Crippen LogP contribution >= 0.6 is 0 Å². The number of nitrogens with zero attached hydrogens (tertiary/aromatic N) is 2. The van der Waals surface area contributed by atoms with E-state index < -0.39 is 0 Å². The number of hydrogen-bond acceptors (Lipinski definition) is 6. The molecule has 0 fully saturated rings. The van der Waals surface area contributed by atoms with Crippen LogP contribution in [0.4, 0.5) is 5.69 Å². The SMILES string of the molecule is COc1cc(C)ccc1NCc1c(OC)ncnc1OC. The van der Waals surface area contributed by atoms with Crippen molar-refractivity contribution in [3.63, 3.8) is 0 Å². The molecule has 1 N–H and O–H groups in total. The summed E-state index contributed by atoms with van der Waals surface area (Å²) in [6.07, 6.45) is 1.41. The molecule has 0 saturated heterocycles. The van der Waals surface area contributed by atoms with E-state index in [1.54, 1.807) is 21.3 Å². The van der Waals surface area contributed by atoms with Crippen molar-refractivity contribution in [2.75, 3.05) is 26.6 Å². The molecule has 112 valence electrons. The van der Waals surface area contributed by atoms with Gasteiger partial charge in [0.25, 0.3) is 0 Å². The molecule has 0 amide bonds. The van der Waals surface area contributed by atoms with Crippen LogP contribution in [0.2, 0.25) is 0 Å². The van der Waals surface area contributed by atoms with Crippen molar-refractivity contribution in [1.82, 2.24) is 9.97 Å². The molecule has 6 nitrogen and oxygen atoms in total. The fraction of sp³-hybridized carbons (Fsp3) is 0.333. The molecule has 21 heavy (non-hydrogen) atoms. The number of nitrogens with one attached hydrogen (secondary N) is 1. The fourth-order valence-electron chi connectivity index (χ4n) is 2.01. The molecule has 0 radical (unpaired) electrons. The van der Waals surface area contributed by atoms with Gasteiger partial charge in [-0.25, -0.2) is 9.97 Å². The van der Waals surface area contributed by atoms with Gasteiger partial charge in [-0.1, -0.05) is 6.07 Å². The third-order valence-electron chi connectivity index (χ3n) is 3.07. The van der Waals surface area contributed by atoms with Crippen LogP contribution in [0.5, 0.6) is 17.5 Å². The molecule has 2 rings (SSSR count). The molecule has 0 bridgehead atoms. The molecule has 0 aliphatic heterocycles. The van der Waals surface area contributed by atoms with E-state index in [1.807, 2.05) is 25.1 Å². The normalized spacial score (nSPS) is 10.1. The van der Waals surface area contributed by atoms with E-state index in [0.29, 0.717) is 18.3 Å². The lowest BCUT2D eigenvalue weighted by atomic mass is 10.2.